The number of benzene rings is 1. The molecule has 0 unspecified atom stereocenters. The van der Waals surface area contributed by atoms with Gasteiger partial charge >= 0.3 is 5.97 Å². The standard InChI is InChI=1S/C26H25BrN4O5/c1-3-35-15-9-14-31-22-18(25(33)30-13-8-7-12-21(30)28-22)16-19(26(34)36-4-2)23(31)29-24(32)17-10-5-6-11-20(17)27/h5-8,10-13,16H,3-4,9,14-15H2,1-2H3. The Morgan fingerprint density at radius 3 is 2.58 bits per heavy atom. The number of pyridine rings is 2. The summed E-state index contributed by atoms with van der Waals surface area (Å²) in [6, 6.07) is 13.5. The van der Waals surface area contributed by atoms with E-state index in [0.29, 0.717) is 47.5 Å². The quantitative estimate of drug-likeness (QED) is 0.187. The van der Waals surface area contributed by atoms with E-state index in [4.69, 9.17) is 14.5 Å². The van der Waals surface area contributed by atoms with Gasteiger partial charge < -0.3 is 14.0 Å². The van der Waals surface area contributed by atoms with Gasteiger partial charge in [-0.2, -0.15) is 4.99 Å². The molecule has 4 rings (SSSR count). The van der Waals surface area contributed by atoms with E-state index in [0.717, 1.165) is 0 Å². The Bertz CT molecular complexity index is 1570. The first-order valence-electron chi connectivity index (χ1n) is 11.6. The molecule has 0 aliphatic carbocycles. The highest BCUT2D eigenvalue weighted by molar-refractivity contribution is 9.10. The van der Waals surface area contributed by atoms with Gasteiger partial charge in [-0.15, -0.1) is 0 Å². The van der Waals surface area contributed by atoms with E-state index in [1.807, 2.05) is 6.92 Å². The molecule has 1 aromatic carbocycles. The van der Waals surface area contributed by atoms with Gasteiger partial charge in [0.2, 0.25) is 0 Å². The molecule has 0 atom stereocenters. The van der Waals surface area contributed by atoms with Crippen LogP contribution in [0.1, 0.15) is 41.0 Å². The maximum Gasteiger partial charge on any atom is 0.341 e. The lowest BCUT2D eigenvalue weighted by atomic mass is 10.2. The molecule has 0 aliphatic heterocycles. The molecule has 0 N–H and O–H groups in total. The Balaban J connectivity index is 2.07. The van der Waals surface area contributed by atoms with Crippen molar-refractivity contribution in [2.24, 2.45) is 4.99 Å². The number of fused-ring (bicyclic) bond motifs is 2. The monoisotopic (exact) mass is 552 g/mol. The molecule has 0 saturated heterocycles. The van der Waals surface area contributed by atoms with Crippen molar-refractivity contribution >= 4 is 44.5 Å². The number of carbonyl (C=O) groups is 2. The van der Waals surface area contributed by atoms with Crippen LogP contribution >= 0.6 is 15.9 Å². The van der Waals surface area contributed by atoms with Crippen LogP contribution in [0.25, 0.3) is 16.7 Å². The molecular formula is C26H25BrN4O5. The minimum absolute atomic E-state index is 0.0101. The van der Waals surface area contributed by atoms with Crippen molar-refractivity contribution in [1.29, 1.82) is 0 Å². The van der Waals surface area contributed by atoms with Gasteiger partial charge in [-0.05, 0) is 66.5 Å². The molecule has 10 heteroatoms. The summed E-state index contributed by atoms with van der Waals surface area (Å²) in [5, 5.41) is 0.213. The minimum Gasteiger partial charge on any atom is -0.462 e. The number of esters is 1. The van der Waals surface area contributed by atoms with Crippen molar-refractivity contribution in [3.63, 3.8) is 0 Å². The molecule has 0 fully saturated rings. The summed E-state index contributed by atoms with van der Waals surface area (Å²) in [6.07, 6.45) is 2.16. The summed E-state index contributed by atoms with van der Waals surface area (Å²) in [5.41, 5.74) is 0.819. The number of hydrogen-bond donors (Lipinski definition) is 0. The van der Waals surface area contributed by atoms with Crippen molar-refractivity contribution in [3.8, 4) is 0 Å². The molecule has 3 aromatic heterocycles. The fourth-order valence-electron chi connectivity index (χ4n) is 3.83. The van der Waals surface area contributed by atoms with Crippen molar-refractivity contribution in [3.05, 3.63) is 86.2 Å². The highest BCUT2D eigenvalue weighted by Crippen LogP contribution is 2.17. The van der Waals surface area contributed by atoms with Gasteiger partial charge in [-0.1, -0.05) is 18.2 Å². The first-order chi connectivity index (χ1) is 17.5. The zero-order chi connectivity index (χ0) is 25.7. The molecular weight excluding hydrogens is 528 g/mol. The third-order valence-corrected chi connectivity index (χ3v) is 6.16. The topological polar surface area (TPSA) is 104 Å². The van der Waals surface area contributed by atoms with E-state index < -0.39 is 11.9 Å². The van der Waals surface area contributed by atoms with E-state index >= 15 is 0 Å². The second kappa shape index (κ2) is 11.4. The molecule has 9 nitrogen and oxygen atoms in total. The summed E-state index contributed by atoms with van der Waals surface area (Å²) in [7, 11) is 0. The SMILES string of the molecule is CCOCCCn1c(=NC(=O)c2ccccc2Br)c(C(=O)OCC)cc2c(=O)n3ccccc3nc21. The highest BCUT2D eigenvalue weighted by atomic mass is 79.9. The lowest BCUT2D eigenvalue weighted by molar-refractivity contribution is 0.0523. The third kappa shape index (κ3) is 5.14. The Labute approximate surface area is 215 Å². The second-order valence-electron chi connectivity index (χ2n) is 7.78. The van der Waals surface area contributed by atoms with E-state index in [9.17, 15) is 14.4 Å². The van der Waals surface area contributed by atoms with E-state index in [1.165, 1.54) is 10.5 Å². The van der Waals surface area contributed by atoms with Crippen molar-refractivity contribution in [2.45, 2.75) is 26.8 Å². The summed E-state index contributed by atoms with van der Waals surface area (Å²) < 4.78 is 14.4. The molecule has 0 saturated carbocycles. The summed E-state index contributed by atoms with van der Waals surface area (Å²) in [4.78, 5) is 48.7. The Hall–Kier alpha value is -3.63. The van der Waals surface area contributed by atoms with Crippen molar-refractivity contribution < 1.29 is 19.1 Å². The molecule has 0 bridgehead atoms. The van der Waals surface area contributed by atoms with Crippen LogP contribution in [0.4, 0.5) is 0 Å². The summed E-state index contributed by atoms with van der Waals surface area (Å²) in [6.45, 7) is 5.00. The van der Waals surface area contributed by atoms with Gasteiger partial charge in [0, 0.05) is 30.4 Å². The number of carbonyl (C=O) groups excluding carboxylic acids is 2. The van der Waals surface area contributed by atoms with Crippen molar-refractivity contribution in [2.75, 3.05) is 19.8 Å². The Morgan fingerprint density at radius 1 is 1.06 bits per heavy atom. The van der Waals surface area contributed by atoms with Crippen LogP contribution in [0.15, 0.2) is 69.0 Å². The molecule has 1 amide bonds. The fraction of sp³-hybridized carbons (Fsp3) is 0.269. The molecule has 0 radical (unpaired) electrons. The van der Waals surface area contributed by atoms with E-state index in [1.54, 1.807) is 60.2 Å². The zero-order valence-electron chi connectivity index (χ0n) is 19.9. The molecule has 3 heterocycles. The number of aryl methyl sites for hydroxylation is 1. The molecule has 186 valence electrons. The predicted octanol–water partition coefficient (Wildman–Crippen LogP) is 3.76. The van der Waals surface area contributed by atoms with Crippen LogP contribution in [-0.2, 0) is 16.0 Å². The van der Waals surface area contributed by atoms with Gasteiger partial charge in [0.1, 0.15) is 16.9 Å². The Kier molecular flexibility index (Phi) is 8.07. The van der Waals surface area contributed by atoms with Crippen LogP contribution in [-0.4, -0.2) is 45.6 Å². The van der Waals surface area contributed by atoms with Gasteiger partial charge in [-0.3, -0.25) is 14.0 Å². The molecule has 36 heavy (non-hydrogen) atoms. The molecule has 4 aromatic rings. The van der Waals surface area contributed by atoms with E-state index in [-0.39, 0.29) is 28.6 Å². The first kappa shape index (κ1) is 25.5. The maximum atomic E-state index is 13.4. The van der Waals surface area contributed by atoms with Crippen LogP contribution in [0.2, 0.25) is 0 Å². The number of rotatable bonds is 8. The second-order valence-corrected chi connectivity index (χ2v) is 8.64. The fourth-order valence-corrected chi connectivity index (χ4v) is 4.28. The number of nitrogens with zero attached hydrogens (tertiary/aromatic N) is 4. The van der Waals surface area contributed by atoms with Crippen molar-refractivity contribution in [1.82, 2.24) is 14.0 Å². The van der Waals surface area contributed by atoms with Gasteiger partial charge in [0.25, 0.3) is 11.5 Å². The first-order valence-corrected chi connectivity index (χ1v) is 12.4. The minimum atomic E-state index is -0.686. The van der Waals surface area contributed by atoms with Gasteiger partial charge in [0.05, 0.1) is 17.6 Å². The maximum absolute atomic E-state index is 13.4. The lowest BCUT2D eigenvalue weighted by Gasteiger charge is -2.15. The predicted molar refractivity (Wildman–Crippen MR) is 138 cm³/mol. The molecule has 0 spiro atoms. The Morgan fingerprint density at radius 2 is 1.83 bits per heavy atom. The van der Waals surface area contributed by atoms with Crippen LogP contribution < -0.4 is 11.0 Å². The van der Waals surface area contributed by atoms with Crippen LogP contribution in [0.3, 0.4) is 0 Å². The average molecular weight is 553 g/mol. The highest BCUT2D eigenvalue weighted by Gasteiger charge is 2.20. The van der Waals surface area contributed by atoms with Crippen LogP contribution in [0.5, 0.6) is 0 Å². The third-order valence-electron chi connectivity index (χ3n) is 5.47. The number of aromatic nitrogens is 3. The zero-order valence-corrected chi connectivity index (χ0v) is 21.5. The number of halogens is 1. The lowest BCUT2D eigenvalue weighted by Crippen LogP contribution is -2.33. The number of hydrogen-bond acceptors (Lipinski definition) is 6. The summed E-state index contributed by atoms with van der Waals surface area (Å²) >= 11 is 3.38. The normalized spacial score (nSPS) is 11.8. The van der Waals surface area contributed by atoms with Gasteiger partial charge in [0.15, 0.2) is 5.49 Å². The van der Waals surface area contributed by atoms with Crippen LogP contribution in [0, 0.1) is 0 Å². The average Bonchev–Trinajstić information content (AvgIpc) is 2.88. The van der Waals surface area contributed by atoms with Gasteiger partial charge in [-0.25, -0.2) is 9.78 Å². The number of ether oxygens (including phenoxy) is 2. The summed E-state index contributed by atoms with van der Waals surface area (Å²) in [5.74, 6) is -1.24. The largest absolute Gasteiger partial charge is 0.462 e. The van der Waals surface area contributed by atoms with E-state index in [2.05, 4.69) is 20.9 Å². The number of amides is 1. The molecule has 0 aliphatic rings. The smallest absolute Gasteiger partial charge is 0.341 e.